The number of hydrogen-bond donors (Lipinski definition) is 1. The lowest BCUT2D eigenvalue weighted by Crippen LogP contribution is -2.44. The molecule has 0 amide bonds. The molecule has 2 aliphatic heterocycles. The summed E-state index contributed by atoms with van der Waals surface area (Å²) in [6.07, 6.45) is 8.20. The van der Waals surface area contributed by atoms with Gasteiger partial charge in [0.25, 0.3) is 11.8 Å². The predicted molar refractivity (Wildman–Crippen MR) is 106 cm³/mol. The Kier molecular flexibility index (Phi) is 4.31. The van der Waals surface area contributed by atoms with Gasteiger partial charge in [0, 0.05) is 36.1 Å². The lowest BCUT2D eigenvalue weighted by Gasteiger charge is -2.23. The largest absolute Gasteiger partial charge is 0.497 e. The number of hydrogen-bond acceptors (Lipinski definition) is 8. The number of benzene rings is 1. The van der Waals surface area contributed by atoms with E-state index in [-0.39, 0.29) is 4.59 Å². The van der Waals surface area contributed by atoms with Crippen molar-refractivity contribution >= 4 is 29.4 Å². The first-order chi connectivity index (χ1) is 13.7. The fourth-order valence-corrected chi connectivity index (χ4v) is 2.89. The highest BCUT2D eigenvalue weighted by Gasteiger charge is 2.43. The van der Waals surface area contributed by atoms with Crippen LogP contribution < -0.4 is 19.4 Å². The summed E-state index contributed by atoms with van der Waals surface area (Å²) in [6, 6.07) is 9.23. The molecule has 0 saturated heterocycles. The molecule has 1 N–H and O–H groups in total. The van der Waals surface area contributed by atoms with Crippen LogP contribution in [0.2, 0.25) is 0 Å². The van der Waals surface area contributed by atoms with Crippen molar-refractivity contribution in [3.63, 3.8) is 0 Å². The van der Waals surface area contributed by atoms with E-state index in [1.807, 2.05) is 12.1 Å². The van der Waals surface area contributed by atoms with Gasteiger partial charge in [-0.05, 0) is 5.10 Å². The van der Waals surface area contributed by atoms with Gasteiger partial charge in [-0.1, -0.05) is 4.59 Å². The summed E-state index contributed by atoms with van der Waals surface area (Å²) >= 11 is 0. The van der Waals surface area contributed by atoms with Crippen molar-refractivity contribution in [2.45, 2.75) is 0 Å². The van der Waals surface area contributed by atoms with Gasteiger partial charge in [-0.15, -0.1) is 0 Å². The fourth-order valence-electron chi connectivity index (χ4n) is 2.89. The SMILES string of the molecule is COc1cc(NC2=N[N+]3(c4cncc(C#N)c4)C=CN=CC3=N2)cc(OC)c1. The molecule has 0 radical (unpaired) electrons. The summed E-state index contributed by atoms with van der Waals surface area (Å²) in [5.41, 5.74) is 1.83. The van der Waals surface area contributed by atoms with E-state index in [9.17, 15) is 5.26 Å². The number of amidine groups is 1. The van der Waals surface area contributed by atoms with Gasteiger partial charge in [0.15, 0.2) is 11.9 Å². The van der Waals surface area contributed by atoms with Gasteiger partial charge in [-0.2, -0.15) is 10.3 Å². The highest BCUT2D eigenvalue weighted by molar-refractivity contribution is 6.38. The van der Waals surface area contributed by atoms with E-state index >= 15 is 0 Å². The molecule has 28 heavy (non-hydrogen) atoms. The fraction of sp³-hybridized carbons (Fsp3) is 0.105. The van der Waals surface area contributed by atoms with Crippen LogP contribution in [0.5, 0.6) is 11.5 Å². The zero-order valence-electron chi connectivity index (χ0n) is 15.2. The number of ether oxygens (including phenoxy) is 2. The van der Waals surface area contributed by atoms with E-state index in [0.29, 0.717) is 40.2 Å². The number of aliphatic imine (C=N–C) groups is 2. The monoisotopic (exact) mass is 374 g/mol. The number of nitriles is 1. The lowest BCUT2D eigenvalue weighted by molar-refractivity contribution is 0.395. The second-order valence-corrected chi connectivity index (χ2v) is 5.93. The van der Waals surface area contributed by atoms with Crippen LogP contribution in [0.3, 0.4) is 0 Å². The summed E-state index contributed by atoms with van der Waals surface area (Å²) in [6.45, 7) is 0. The Balaban J connectivity index is 1.74. The maximum Gasteiger partial charge on any atom is 0.287 e. The molecule has 3 heterocycles. The molecular weight excluding hydrogens is 358 g/mol. The van der Waals surface area contributed by atoms with Crippen LogP contribution in [0.15, 0.2) is 64.1 Å². The molecule has 0 aliphatic carbocycles. The molecular formula is C19H16N7O2+. The first kappa shape index (κ1) is 17.4. The van der Waals surface area contributed by atoms with Gasteiger partial charge in [0.2, 0.25) is 0 Å². The van der Waals surface area contributed by atoms with E-state index in [1.165, 1.54) is 6.20 Å². The number of nitrogens with one attached hydrogen (secondary N) is 1. The molecule has 4 rings (SSSR count). The van der Waals surface area contributed by atoms with Crippen LogP contribution in [0, 0.1) is 11.3 Å². The van der Waals surface area contributed by atoms with Crippen LogP contribution in [0.4, 0.5) is 11.4 Å². The molecule has 1 atom stereocenters. The minimum absolute atomic E-state index is 0.0601. The molecule has 0 bridgehead atoms. The molecule has 0 fully saturated rings. The Morgan fingerprint density at radius 2 is 1.86 bits per heavy atom. The quantitative estimate of drug-likeness (QED) is 0.829. The van der Waals surface area contributed by atoms with Crippen LogP contribution in [0.25, 0.3) is 0 Å². The van der Waals surface area contributed by atoms with Crippen LogP contribution >= 0.6 is 0 Å². The molecule has 2 aliphatic rings. The van der Waals surface area contributed by atoms with E-state index in [0.717, 1.165) is 0 Å². The first-order valence-electron chi connectivity index (χ1n) is 8.32. The summed E-state index contributed by atoms with van der Waals surface area (Å²) < 4.78 is 10.5. The van der Waals surface area contributed by atoms with Crippen molar-refractivity contribution in [1.82, 2.24) is 9.58 Å². The zero-order valence-corrected chi connectivity index (χ0v) is 15.2. The number of pyridine rings is 1. The normalized spacial score (nSPS) is 19.3. The van der Waals surface area contributed by atoms with E-state index in [2.05, 4.69) is 26.4 Å². The molecule has 138 valence electrons. The van der Waals surface area contributed by atoms with Crippen LogP contribution in [0.1, 0.15) is 5.56 Å². The second-order valence-electron chi connectivity index (χ2n) is 5.93. The average Bonchev–Trinajstić information content (AvgIpc) is 3.12. The maximum absolute atomic E-state index is 9.20. The number of guanidine groups is 1. The van der Waals surface area contributed by atoms with Gasteiger partial charge in [0.05, 0.1) is 32.2 Å². The predicted octanol–water partition coefficient (Wildman–Crippen LogP) is 2.63. The van der Waals surface area contributed by atoms with Crippen molar-refractivity contribution < 1.29 is 9.47 Å². The van der Waals surface area contributed by atoms with Gasteiger partial charge < -0.3 is 14.8 Å². The number of methoxy groups -OCH3 is 2. The third-order valence-electron chi connectivity index (χ3n) is 4.23. The molecule has 9 nitrogen and oxygen atoms in total. The Bertz CT molecular complexity index is 1080. The van der Waals surface area contributed by atoms with Crippen LogP contribution in [-0.4, -0.2) is 37.2 Å². The summed E-state index contributed by atoms with van der Waals surface area (Å²) in [5, 5.41) is 17.1. The highest BCUT2D eigenvalue weighted by atomic mass is 16.5. The third kappa shape index (κ3) is 2.98. The number of fused-ring (bicyclic) bond motifs is 1. The first-order valence-corrected chi connectivity index (χ1v) is 8.32. The van der Waals surface area contributed by atoms with E-state index < -0.39 is 0 Å². The van der Waals surface area contributed by atoms with Gasteiger partial charge in [-0.25, -0.2) is 0 Å². The molecule has 0 spiro atoms. The highest BCUT2D eigenvalue weighted by Crippen LogP contribution is 2.32. The Hall–Kier alpha value is -4.03. The smallest absolute Gasteiger partial charge is 0.287 e. The number of anilines is 1. The van der Waals surface area contributed by atoms with Gasteiger partial charge >= 0.3 is 0 Å². The number of rotatable bonds is 4. The average molecular weight is 374 g/mol. The molecule has 2 aromatic rings. The van der Waals surface area contributed by atoms with Gasteiger partial charge in [-0.3, -0.25) is 9.98 Å². The molecule has 1 aromatic heterocycles. The number of aromatic nitrogens is 1. The lowest BCUT2D eigenvalue weighted by atomic mass is 10.2. The Labute approximate surface area is 161 Å². The zero-order chi connectivity index (χ0) is 19.6. The third-order valence-corrected chi connectivity index (χ3v) is 4.23. The molecule has 9 heteroatoms. The van der Waals surface area contributed by atoms with Gasteiger partial charge in [0.1, 0.15) is 23.8 Å². The Morgan fingerprint density at radius 3 is 2.57 bits per heavy atom. The summed E-state index contributed by atoms with van der Waals surface area (Å²) in [4.78, 5) is 12.9. The van der Waals surface area contributed by atoms with Crippen molar-refractivity contribution in [1.29, 1.82) is 5.26 Å². The van der Waals surface area contributed by atoms with Crippen molar-refractivity contribution in [3.05, 3.63) is 54.6 Å². The molecule has 1 aromatic carbocycles. The number of quaternary nitrogens is 1. The minimum atomic E-state index is -0.0601. The Morgan fingerprint density at radius 1 is 1.07 bits per heavy atom. The minimum Gasteiger partial charge on any atom is -0.497 e. The molecule has 0 saturated carbocycles. The second kappa shape index (κ2) is 6.94. The van der Waals surface area contributed by atoms with Crippen molar-refractivity contribution in [3.8, 4) is 17.6 Å². The van der Waals surface area contributed by atoms with Crippen LogP contribution in [-0.2, 0) is 0 Å². The van der Waals surface area contributed by atoms with E-state index in [4.69, 9.17) is 14.6 Å². The molecule has 1 unspecified atom stereocenters. The summed E-state index contributed by atoms with van der Waals surface area (Å²) in [5.74, 6) is 2.24. The standard InChI is InChI=1S/C19H16N7O2/c1-27-16-6-14(7-17(8-16)28-2)23-19-24-18-12-21-3-4-26(18,25-19)15-5-13(9-20)10-22-11-15/h3-8,10-12H,1-2H3,(H,23,25)/q+1. The number of nitrogens with zero attached hydrogens (tertiary/aromatic N) is 6. The van der Waals surface area contributed by atoms with Crippen molar-refractivity contribution in [2.75, 3.05) is 19.5 Å². The van der Waals surface area contributed by atoms with E-state index in [1.54, 1.807) is 51.2 Å². The topological polar surface area (TPSA) is 104 Å². The summed E-state index contributed by atoms with van der Waals surface area (Å²) in [7, 11) is 3.17. The van der Waals surface area contributed by atoms with Crippen molar-refractivity contribution in [2.24, 2.45) is 15.1 Å². The maximum atomic E-state index is 9.20.